The van der Waals surface area contributed by atoms with Gasteiger partial charge in [0.15, 0.2) is 5.65 Å². The molecule has 0 spiro atoms. The number of halogens is 1. The number of pyridine rings is 1. The summed E-state index contributed by atoms with van der Waals surface area (Å²) in [5, 5.41) is 9.08. The zero-order valence-corrected chi connectivity index (χ0v) is 11.1. The SMILES string of the molecule is COc1ccc2nnc(Cc3ccc(Cl)cc3)n2c1. The first-order valence-electron chi connectivity index (χ1n) is 5.88. The number of nitrogens with zero attached hydrogens (tertiary/aromatic N) is 3. The van der Waals surface area contributed by atoms with Gasteiger partial charge in [0.05, 0.1) is 13.3 Å². The van der Waals surface area contributed by atoms with E-state index in [1.807, 2.05) is 47.0 Å². The molecule has 0 atom stereocenters. The van der Waals surface area contributed by atoms with E-state index < -0.39 is 0 Å². The maximum absolute atomic E-state index is 5.88. The highest BCUT2D eigenvalue weighted by atomic mass is 35.5. The molecule has 0 saturated heterocycles. The van der Waals surface area contributed by atoms with Gasteiger partial charge in [-0.15, -0.1) is 10.2 Å². The van der Waals surface area contributed by atoms with Crippen molar-refractivity contribution >= 4 is 17.2 Å². The number of hydrogen-bond acceptors (Lipinski definition) is 3. The van der Waals surface area contributed by atoms with Crippen LogP contribution in [0.4, 0.5) is 0 Å². The second kappa shape index (κ2) is 4.90. The van der Waals surface area contributed by atoms with E-state index in [9.17, 15) is 0 Å². The van der Waals surface area contributed by atoms with Crippen LogP contribution >= 0.6 is 11.6 Å². The Morgan fingerprint density at radius 3 is 2.63 bits per heavy atom. The molecule has 0 amide bonds. The van der Waals surface area contributed by atoms with Crippen molar-refractivity contribution in [2.75, 3.05) is 7.11 Å². The summed E-state index contributed by atoms with van der Waals surface area (Å²) < 4.78 is 7.16. The van der Waals surface area contributed by atoms with Crippen LogP contribution in [0.1, 0.15) is 11.4 Å². The molecule has 0 aliphatic carbocycles. The van der Waals surface area contributed by atoms with Gasteiger partial charge >= 0.3 is 0 Å². The predicted molar refractivity (Wildman–Crippen MR) is 73.8 cm³/mol. The van der Waals surface area contributed by atoms with Crippen molar-refractivity contribution in [2.24, 2.45) is 0 Å². The van der Waals surface area contributed by atoms with Gasteiger partial charge in [-0.1, -0.05) is 23.7 Å². The van der Waals surface area contributed by atoms with Gasteiger partial charge in [0.25, 0.3) is 0 Å². The average molecular weight is 274 g/mol. The molecule has 19 heavy (non-hydrogen) atoms. The topological polar surface area (TPSA) is 39.4 Å². The maximum atomic E-state index is 5.88. The number of hydrogen-bond donors (Lipinski definition) is 0. The molecular weight excluding hydrogens is 262 g/mol. The fraction of sp³-hybridized carbons (Fsp3) is 0.143. The first-order valence-corrected chi connectivity index (χ1v) is 6.26. The van der Waals surface area contributed by atoms with E-state index in [0.717, 1.165) is 27.8 Å². The molecule has 0 unspecified atom stereocenters. The highest BCUT2D eigenvalue weighted by molar-refractivity contribution is 6.30. The van der Waals surface area contributed by atoms with Gasteiger partial charge in [-0.05, 0) is 29.8 Å². The minimum Gasteiger partial charge on any atom is -0.495 e. The number of rotatable bonds is 3. The Bertz CT molecular complexity index is 706. The number of benzene rings is 1. The monoisotopic (exact) mass is 273 g/mol. The van der Waals surface area contributed by atoms with Gasteiger partial charge in [0.2, 0.25) is 0 Å². The Morgan fingerprint density at radius 2 is 1.89 bits per heavy atom. The first-order chi connectivity index (χ1) is 9.26. The lowest BCUT2D eigenvalue weighted by molar-refractivity contribution is 0.412. The molecule has 0 fully saturated rings. The minimum absolute atomic E-state index is 0.700. The van der Waals surface area contributed by atoms with Crippen molar-refractivity contribution in [3.63, 3.8) is 0 Å². The van der Waals surface area contributed by atoms with Crippen molar-refractivity contribution in [3.05, 3.63) is 59.0 Å². The van der Waals surface area contributed by atoms with E-state index in [2.05, 4.69) is 10.2 Å². The molecule has 0 N–H and O–H groups in total. The van der Waals surface area contributed by atoms with E-state index in [1.54, 1.807) is 7.11 Å². The molecule has 96 valence electrons. The first kappa shape index (κ1) is 12.0. The largest absolute Gasteiger partial charge is 0.495 e. The Hall–Kier alpha value is -2.07. The van der Waals surface area contributed by atoms with Crippen molar-refractivity contribution in [3.8, 4) is 5.75 Å². The summed E-state index contributed by atoms with van der Waals surface area (Å²) >= 11 is 5.88. The molecule has 1 aromatic carbocycles. The highest BCUT2D eigenvalue weighted by Gasteiger charge is 2.07. The van der Waals surface area contributed by atoms with Gasteiger partial charge < -0.3 is 4.74 Å². The molecule has 0 bridgehead atoms. The van der Waals surface area contributed by atoms with E-state index >= 15 is 0 Å². The van der Waals surface area contributed by atoms with Crippen molar-refractivity contribution in [1.82, 2.24) is 14.6 Å². The van der Waals surface area contributed by atoms with Crippen LogP contribution in [-0.4, -0.2) is 21.7 Å². The van der Waals surface area contributed by atoms with Crippen LogP contribution in [-0.2, 0) is 6.42 Å². The number of methoxy groups -OCH3 is 1. The molecule has 0 aliphatic heterocycles. The number of ether oxygens (including phenoxy) is 1. The van der Waals surface area contributed by atoms with Gasteiger partial charge in [-0.25, -0.2) is 0 Å². The Balaban J connectivity index is 1.98. The lowest BCUT2D eigenvalue weighted by Crippen LogP contribution is -1.97. The molecule has 3 rings (SSSR count). The summed E-state index contributed by atoms with van der Waals surface area (Å²) in [6.45, 7) is 0. The standard InChI is InChI=1S/C14H12ClN3O/c1-19-12-6-7-13-16-17-14(18(13)9-12)8-10-2-4-11(15)5-3-10/h2-7,9H,8H2,1H3. The lowest BCUT2D eigenvalue weighted by Gasteiger charge is -2.03. The molecule has 2 heterocycles. The zero-order chi connectivity index (χ0) is 13.2. The summed E-state index contributed by atoms with van der Waals surface area (Å²) in [7, 11) is 1.64. The number of aromatic nitrogens is 3. The van der Waals surface area contributed by atoms with Crippen molar-refractivity contribution in [2.45, 2.75) is 6.42 Å². The van der Waals surface area contributed by atoms with E-state index in [0.29, 0.717) is 6.42 Å². The van der Waals surface area contributed by atoms with E-state index in [-0.39, 0.29) is 0 Å². The van der Waals surface area contributed by atoms with E-state index in [4.69, 9.17) is 16.3 Å². The predicted octanol–water partition coefficient (Wildman–Crippen LogP) is 2.98. The fourth-order valence-corrected chi connectivity index (χ4v) is 2.07. The van der Waals surface area contributed by atoms with Crippen molar-refractivity contribution in [1.29, 1.82) is 0 Å². The summed E-state index contributed by atoms with van der Waals surface area (Å²) in [6.07, 6.45) is 2.59. The van der Waals surface area contributed by atoms with Crippen LogP contribution in [0.25, 0.3) is 5.65 Å². The van der Waals surface area contributed by atoms with Gasteiger partial charge in [-0.3, -0.25) is 4.40 Å². The van der Waals surface area contributed by atoms with Gasteiger partial charge in [0.1, 0.15) is 11.6 Å². The summed E-state index contributed by atoms with van der Waals surface area (Å²) in [4.78, 5) is 0. The third-order valence-electron chi connectivity index (χ3n) is 2.96. The molecule has 4 nitrogen and oxygen atoms in total. The zero-order valence-electron chi connectivity index (χ0n) is 10.4. The second-order valence-corrected chi connectivity index (χ2v) is 4.65. The van der Waals surface area contributed by atoms with Crippen molar-refractivity contribution < 1.29 is 4.74 Å². The molecule has 5 heteroatoms. The highest BCUT2D eigenvalue weighted by Crippen LogP contribution is 2.16. The summed E-state index contributed by atoms with van der Waals surface area (Å²) in [6, 6.07) is 11.5. The second-order valence-electron chi connectivity index (χ2n) is 4.22. The summed E-state index contributed by atoms with van der Waals surface area (Å²) in [5.74, 6) is 1.65. The Labute approximate surface area is 115 Å². The van der Waals surface area contributed by atoms with Crippen LogP contribution in [0.15, 0.2) is 42.6 Å². The minimum atomic E-state index is 0.700. The lowest BCUT2D eigenvalue weighted by atomic mass is 10.1. The molecular formula is C14H12ClN3O. The van der Waals surface area contributed by atoms with Gasteiger partial charge in [-0.2, -0.15) is 0 Å². The molecule has 2 aromatic heterocycles. The third kappa shape index (κ3) is 2.39. The molecule has 0 saturated carbocycles. The van der Waals surface area contributed by atoms with E-state index in [1.165, 1.54) is 0 Å². The Morgan fingerprint density at radius 1 is 1.11 bits per heavy atom. The smallest absolute Gasteiger partial charge is 0.161 e. The van der Waals surface area contributed by atoms with Crippen LogP contribution in [0, 0.1) is 0 Å². The number of fused-ring (bicyclic) bond motifs is 1. The quantitative estimate of drug-likeness (QED) is 0.736. The molecule has 0 aliphatic rings. The third-order valence-corrected chi connectivity index (χ3v) is 3.21. The van der Waals surface area contributed by atoms with Crippen LogP contribution < -0.4 is 4.74 Å². The van der Waals surface area contributed by atoms with Gasteiger partial charge in [0, 0.05) is 11.4 Å². The summed E-state index contributed by atoms with van der Waals surface area (Å²) in [5.41, 5.74) is 1.95. The van der Waals surface area contributed by atoms with Crippen LogP contribution in [0.2, 0.25) is 5.02 Å². The maximum Gasteiger partial charge on any atom is 0.161 e. The molecule has 0 radical (unpaired) electrons. The Kier molecular flexibility index (Phi) is 3.09. The normalized spacial score (nSPS) is 10.8. The van der Waals surface area contributed by atoms with Crippen LogP contribution in [0.5, 0.6) is 5.75 Å². The van der Waals surface area contributed by atoms with Crippen LogP contribution in [0.3, 0.4) is 0 Å². The molecule has 3 aromatic rings. The average Bonchev–Trinajstić information content (AvgIpc) is 2.84. The fourth-order valence-electron chi connectivity index (χ4n) is 1.94.